The van der Waals surface area contributed by atoms with Crippen LogP contribution in [0.3, 0.4) is 0 Å². The van der Waals surface area contributed by atoms with Gasteiger partial charge in [-0.2, -0.15) is 0 Å². The minimum atomic E-state index is 0.221. The molecule has 0 aliphatic carbocycles. The highest BCUT2D eigenvalue weighted by Crippen LogP contribution is 2.32. The number of pyridine rings is 1. The molecule has 0 amide bonds. The summed E-state index contributed by atoms with van der Waals surface area (Å²) < 4.78 is 0. The van der Waals surface area contributed by atoms with Gasteiger partial charge in [-0.1, -0.05) is 66.7 Å². The summed E-state index contributed by atoms with van der Waals surface area (Å²) in [6, 6.07) is 27.3. The zero-order valence-corrected chi connectivity index (χ0v) is 18.4. The van der Waals surface area contributed by atoms with E-state index in [1.165, 1.54) is 11.1 Å². The van der Waals surface area contributed by atoms with E-state index in [1.54, 1.807) is 12.5 Å². The van der Waals surface area contributed by atoms with Crippen molar-refractivity contribution in [2.75, 3.05) is 42.1 Å². The van der Waals surface area contributed by atoms with E-state index in [0.29, 0.717) is 17.3 Å². The van der Waals surface area contributed by atoms with Gasteiger partial charge in [0.25, 0.3) is 0 Å². The second kappa shape index (κ2) is 9.67. The first kappa shape index (κ1) is 20.9. The number of aromatic nitrogens is 3. The van der Waals surface area contributed by atoms with Gasteiger partial charge < -0.3 is 16.0 Å². The highest BCUT2D eigenvalue weighted by atomic mass is 15.3. The molecule has 3 N–H and O–H groups in total. The second-order valence-electron chi connectivity index (χ2n) is 8.05. The normalized spacial score (nSPS) is 14.4. The van der Waals surface area contributed by atoms with Crippen molar-refractivity contribution in [2.24, 2.45) is 0 Å². The average Bonchev–Trinajstić information content (AvgIpc) is 2.88. The first-order valence-corrected chi connectivity index (χ1v) is 11.2. The molecule has 0 spiro atoms. The van der Waals surface area contributed by atoms with Crippen molar-refractivity contribution >= 4 is 23.1 Å². The van der Waals surface area contributed by atoms with Gasteiger partial charge in [0.15, 0.2) is 11.6 Å². The van der Waals surface area contributed by atoms with Crippen molar-refractivity contribution in [1.29, 1.82) is 0 Å². The topological polar surface area (TPSA) is 83.2 Å². The summed E-state index contributed by atoms with van der Waals surface area (Å²) in [6.45, 7) is 3.47. The Morgan fingerprint density at radius 2 is 1.36 bits per heavy atom. The van der Waals surface area contributed by atoms with E-state index in [0.717, 1.165) is 32.0 Å². The molecule has 0 radical (unpaired) electrons. The Kier molecular flexibility index (Phi) is 6.12. The van der Waals surface area contributed by atoms with Crippen LogP contribution in [0.2, 0.25) is 0 Å². The Morgan fingerprint density at radius 3 is 1.97 bits per heavy atom. The quantitative estimate of drug-likeness (QED) is 0.470. The van der Waals surface area contributed by atoms with Crippen LogP contribution >= 0.6 is 0 Å². The van der Waals surface area contributed by atoms with E-state index in [9.17, 15) is 0 Å². The SMILES string of the molecule is Nc1c(Nc2ccccn2)ncnc1N1CCN(C(c2ccccc2)c2ccccc2)CC1. The zero-order chi connectivity index (χ0) is 22.5. The van der Waals surface area contributed by atoms with Crippen LogP contribution < -0.4 is 16.0 Å². The summed E-state index contributed by atoms with van der Waals surface area (Å²) in [4.78, 5) is 17.9. The monoisotopic (exact) mass is 437 g/mol. The van der Waals surface area contributed by atoms with Gasteiger partial charge in [-0.25, -0.2) is 15.0 Å². The smallest absolute Gasteiger partial charge is 0.160 e. The number of hydrogen-bond donors (Lipinski definition) is 2. The van der Waals surface area contributed by atoms with Crippen molar-refractivity contribution < 1.29 is 0 Å². The van der Waals surface area contributed by atoms with Crippen LogP contribution in [0.4, 0.5) is 23.1 Å². The van der Waals surface area contributed by atoms with E-state index in [1.807, 2.05) is 18.2 Å². The summed E-state index contributed by atoms with van der Waals surface area (Å²) in [5.41, 5.74) is 9.62. The largest absolute Gasteiger partial charge is 0.393 e. The van der Waals surface area contributed by atoms with Crippen LogP contribution in [0, 0.1) is 0 Å². The predicted octanol–water partition coefficient (Wildman–Crippen LogP) is 4.11. The summed E-state index contributed by atoms with van der Waals surface area (Å²) in [6.07, 6.45) is 3.29. The van der Waals surface area contributed by atoms with Crippen molar-refractivity contribution in [3.8, 4) is 0 Å². The fourth-order valence-corrected chi connectivity index (χ4v) is 4.37. The molecule has 5 rings (SSSR count). The summed E-state index contributed by atoms with van der Waals surface area (Å²) in [5, 5.41) is 3.20. The molecule has 4 aromatic rings. The number of benzene rings is 2. The molecular weight excluding hydrogens is 410 g/mol. The Morgan fingerprint density at radius 1 is 0.727 bits per heavy atom. The average molecular weight is 438 g/mol. The van der Waals surface area contributed by atoms with Gasteiger partial charge in [-0.05, 0) is 23.3 Å². The number of nitrogens with one attached hydrogen (secondary N) is 1. The standard InChI is InChI=1S/C26H27N7/c27-23-25(31-22-13-7-8-14-28-22)29-19-30-26(23)33-17-15-32(16-18-33)24(20-9-3-1-4-10-20)21-11-5-2-6-12-21/h1-14,19,24H,15-18,27H2,(H,28,29,30,31). The molecule has 0 bridgehead atoms. The number of nitrogen functional groups attached to an aromatic ring is 1. The van der Waals surface area contributed by atoms with E-state index < -0.39 is 0 Å². The Hall–Kier alpha value is -3.97. The number of rotatable bonds is 6. The lowest BCUT2D eigenvalue weighted by molar-refractivity contribution is 0.212. The van der Waals surface area contributed by atoms with Gasteiger partial charge in [-0.3, -0.25) is 4.90 Å². The maximum absolute atomic E-state index is 6.47. The molecule has 0 saturated carbocycles. The summed E-state index contributed by atoms with van der Waals surface area (Å²) >= 11 is 0. The zero-order valence-electron chi connectivity index (χ0n) is 18.4. The Bertz CT molecular complexity index is 1120. The lowest BCUT2D eigenvalue weighted by atomic mass is 9.96. The summed E-state index contributed by atoms with van der Waals surface area (Å²) in [5.74, 6) is 2.04. The van der Waals surface area contributed by atoms with E-state index in [4.69, 9.17) is 5.73 Å². The van der Waals surface area contributed by atoms with Crippen LogP contribution in [-0.4, -0.2) is 46.0 Å². The van der Waals surface area contributed by atoms with Crippen molar-refractivity contribution in [3.05, 3.63) is 103 Å². The van der Waals surface area contributed by atoms with Crippen LogP contribution in [0.1, 0.15) is 17.2 Å². The van der Waals surface area contributed by atoms with Gasteiger partial charge in [0, 0.05) is 32.4 Å². The summed E-state index contributed by atoms with van der Waals surface area (Å²) in [7, 11) is 0. The van der Waals surface area contributed by atoms with Gasteiger partial charge in [0.2, 0.25) is 0 Å². The highest BCUT2D eigenvalue weighted by Gasteiger charge is 2.28. The predicted molar refractivity (Wildman–Crippen MR) is 132 cm³/mol. The fraction of sp³-hybridized carbons (Fsp3) is 0.192. The van der Waals surface area contributed by atoms with Crippen LogP contribution in [0.5, 0.6) is 0 Å². The maximum atomic E-state index is 6.47. The van der Waals surface area contributed by atoms with E-state index in [2.05, 4.69) is 90.7 Å². The first-order chi connectivity index (χ1) is 16.3. The molecule has 7 nitrogen and oxygen atoms in total. The highest BCUT2D eigenvalue weighted by molar-refractivity contribution is 5.77. The fourth-order valence-electron chi connectivity index (χ4n) is 4.37. The molecule has 1 aliphatic heterocycles. The number of nitrogens with zero attached hydrogens (tertiary/aromatic N) is 5. The minimum absolute atomic E-state index is 0.221. The molecule has 7 heteroatoms. The lowest BCUT2D eigenvalue weighted by Crippen LogP contribution is -2.48. The molecule has 0 atom stereocenters. The first-order valence-electron chi connectivity index (χ1n) is 11.2. The number of piperazine rings is 1. The lowest BCUT2D eigenvalue weighted by Gasteiger charge is -2.40. The molecular formula is C26H27N7. The number of anilines is 4. The molecule has 1 saturated heterocycles. The van der Waals surface area contributed by atoms with Crippen molar-refractivity contribution in [2.45, 2.75) is 6.04 Å². The minimum Gasteiger partial charge on any atom is -0.393 e. The number of hydrogen-bond acceptors (Lipinski definition) is 7. The molecule has 166 valence electrons. The molecule has 2 aromatic carbocycles. The third-order valence-corrected chi connectivity index (χ3v) is 5.98. The Labute approximate surface area is 193 Å². The molecule has 2 aromatic heterocycles. The molecule has 33 heavy (non-hydrogen) atoms. The third kappa shape index (κ3) is 4.63. The number of nitrogens with two attached hydrogens (primary N) is 1. The molecule has 3 heterocycles. The third-order valence-electron chi connectivity index (χ3n) is 5.98. The molecule has 1 aliphatic rings. The van der Waals surface area contributed by atoms with Crippen molar-refractivity contribution in [1.82, 2.24) is 19.9 Å². The molecule has 1 fully saturated rings. The second-order valence-corrected chi connectivity index (χ2v) is 8.05. The Balaban J connectivity index is 1.34. The van der Waals surface area contributed by atoms with Gasteiger partial charge in [0.05, 0.1) is 6.04 Å². The van der Waals surface area contributed by atoms with E-state index in [-0.39, 0.29) is 6.04 Å². The van der Waals surface area contributed by atoms with Crippen LogP contribution in [-0.2, 0) is 0 Å². The van der Waals surface area contributed by atoms with Crippen molar-refractivity contribution in [3.63, 3.8) is 0 Å². The van der Waals surface area contributed by atoms with Gasteiger partial charge >= 0.3 is 0 Å². The van der Waals surface area contributed by atoms with Gasteiger partial charge in [0.1, 0.15) is 17.8 Å². The van der Waals surface area contributed by atoms with Crippen LogP contribution in [0.25, 0.3) is 0 Å². The van der Waals surface area contributed by atoms with E-state index >= 15 is 0 Å². The van der Waals surface area contributed by atoms with Crippen LogP contribution in [0.15, 0.2) is 91.4 Å². The van der Waals surface area contributed by atoms with Gasteiger partial charge in [-0.15, -0.1) is 0 Å². The maximum Gasteiger partial charge on any atom is 0.160 e. The molecule has 0 unspecified atom stereocenters.